The van der Waals surface area contributed by atoms with E-state index in [1.165, 1.54) is 12.0 Å². The van der Waals surface area contributed by atoms with Crippen LogP contribution in [0.25, 0.3) is 0 Å². The van der Waals surface area contributed by atoms with Gasteiger partial charge in [-0.3, -0.25) is 0 Å². The number of oxime groups is 1. The topological polar surface area (TPSA) is 109 Å². The quantitative estimate of drug-likeness (QED) is 0.158. The molecule has 212 valence electrons. The molecular formula is C32H51N3O3. The van der Waals surface area contributed by atoms with Crippen LogP contribution in [-0.2, 0) is 0 Å². The molecule has 5 aliphatic rings. The van der Waals surface area contributed by atoms with E-state index in [4.69, 9.17) is 0 Å². The van der Waals surface area contributed by atoms with E-state index in [9.17, 15) is 20.7 Å². The molecule has 0 aromatic rings. The average molecular weight is 526 g/mol. The van der Waals surface area contributed by atoms with Gasteiger partial charge in [0.2, 0.25) is 0 Å². The highest BCUT2D eigenvalue weighted by molar-refractivity contribution is 5.91. The van der Waals surface area contributed by atoms with Crippen LogP contribution in [0, 0.1) is 68.0 Å². The van der Waals surface area contributed by atoms with Crippen LogP contribution in [0.3, 0.4) is 0 Å². The zero-order chi connectivity index (χ0) is 27.6. The van der Waals surface area contributed by atoms with Crippen LogP contribution < -0.4 is 5.32 Å². The van der Waals surface area contributed by atoms with Gasteiger partial charge in [0.05, 0.1) is 30.4 Å². The third kappa shape index (κ3) is 3.57. The van der Waals surface area contributed by atoms with Crippen LogP contribution in [0.4, 0.5) is 0 Å². The van der Waals surface area contributed by atoms with Crippen molar-refractivity contribution < 1.29 is 15.4 Å². The van der Waals surface area contributed by atoms with E-state index < -0.39 is 5.41 Å². The summed E-state index contributed by atoms with van der Waals surface area (Å²) in [4.78, 5) is 0. The van der Waals surface area contributed by atoms with E-state index in [1.807, 2.05) is 0 Å². The van der Waals surface area contributed by atoms with Crippen molar-refractivity contribution >= 4 is 5.71 Å². The predicted molar refractivity (Wildman–Crippen MR) is 149 cm³/mol. The van der Waals surface area contributed by atoms with Crippen molar-refractivity contribution in [2.45, 2.75) is 91.9 Å². The minimum atomic E-state index is -0.459. The lowest BCUT2D eigenvalue weighted by atomic mass is 9.32. The first-order chi connectivity index (χ1) is 18.0. The predicted octanol–water partition coefficient (Wildman–Crippen LogP) is 5.53. The van der Waals surface area contributed by atoms with Crippen molar-refractivity contribution in [3.63, 3.8) is 0 Å². The van der Waals surface area contributed by atoms with Gasteiger partial charge in [-0.2, -0.15) is 5.26 Å². The first-order valence-electron chi connectivity index (χ1n) is 15.2. The fraction of sp³-hybridized carbons (Fsp3) is 0.875. The Labute approximate surface area is 230 Å². The molecule has 6 heteroatoms. The van der Waals surface area contributed by atoms with Crippen molar-refractivity contribution in [1.82, 2.24) is 5.32 Å². The van der Waals surface area contributed by atoms with Gasteiger partial charge in [0.25, 0.3) is 0 Å². The molecule has 0 aliphatic heterocycles. The second-order valence-electron chi connectivity index (χ2n) is 14.8. The molecule has 0 radical (unpaired) electrons. The molecule has 10 atom stereocenters. The summed E-state index contributed by atoms with van der Waals surface area (Å²) in [6.07, 6.45) is 10.5. The lowest BCUT2D eigenvalue weighted by molar-refractivity contribution is -0.226. The number of hydrogen-bond donors (Lipinski definition) is 4. The van der Waals surface area contributed by atoms with Gasteiger partial charge in [-0.25, -0.2) is 0 Å². The summed E-state index contributed by atoms with van der Waals surface area (Å²) in [6, 6.07) is 2.88. The van der Waals surface area contributed by atoms with Crippen LogP contribution >= 0.6 is 0 Å². The lowest BCUT2D eigenvalue weighted by Crippen LogP contribution is -2.66. The maximum absolute atomic E-state index is 10.6. The van der Waals surface area contributed by atoms with Gasteiger partial charge in [0.1, 0.15) is 0 Å². The van der Waals surface area contributed by atoms with Crippen molar-refractivity contribution in [3.05, 3.63) is 12.2 Å². The number of aliphatic hydroxyl groups excluding tert-OH is 2. The lowest BCUT2D eigenvalue weighted by Gasteiger charge is -2.72. The summed E-state index contributed by atoms with van der Waals surface area (Å²) in [6.45, 7) is 15.8. The second-order valence-corrected chi connectivity index (χ2v) is 14.8. The molecule has 0 unspecified atom stereocenters. The van der Waals surface area contributed by atoms with E-state index in [-0.39, 0.29) is 34.9 Å². The van der Waals surface area contributed by atoms with Crippen LogP contribution in [0.2, 0.25) is 0 Å². The summed E-state index contributed by atoms with van der Waals surface area (Å²) in [7, 11) is 0. The molecule has 6 nitrogen and oxygen atoms in total. The highest BCUT2D eigenvalue weighted by atomic mass is 16.4. The summed E-state index contributed by atoms with van der Waals surface area (Å²) in [5.74, 6) is 2.12. The van der Waals surface area contributed by atoms with E-state index in [1.54, 1.807) is 0 Å². The molecule has 0 spiro atoms. The largest absolute Gasteiger partial charge is 0.411 e. The highest BCUT2D eigenvalue weighted by Gasteiger charge is 2.71. The Morgan fingerprint density at radius 3 is 2.42 bits per heavy atom. The molecule has 0 bridgehead atoms. The first kappa shape index (κ1) is 28.1. The molecule has 5 fully saturated rings. The van der Waals surface area contributed by atoms with E-state index in [0.717, 1.165) is 70.0 Å². The smallest absolute Gasteiger partial charge is 0.0693 e. The van der Waals surface area contributed by atoms with E-state index in [0.29, 0.717) is 36.1 Å². The minimum Gasteiger partial charge on any atom is -0.411 e. The summed E-state index contributed by atoms with van der Waals surface area (Å²) in [5, 5.41) is 47.3. The summed E-state index contributed by atoms with van der Waals surface area (Å²) >= 11 is 0. The SMILES string of the molecule is C=C(CNCCO)[C@@H]1CC[C@]2(C#N)CC[C@]3(C)[C@H](CC[C@@H]4[C@@]5(C)CC/C(=N\O)[C@@](C)(CO)[C@@H]5CC[C@]43C)[C@@H]12. The molecule has 0 amide bonds. The van der Waals surface area contributed by atoms with Crippen molar-refractivity contribution in [3.8, 4) is 6.07 Å². The molecule has 0 aromatic heterocycles. The third-order valence-electron chi connectivity index (χ3n) is 13.9. The maximum Gasteiger partial charge on any atom is 0.0693 e. The van der Waals surface area contributed by atoms with Crippen LogP contribution in [0.1, 0.15) is 91.9 Å². The number of nitriles is 1. The van der Waals surface area contributed by atoms with Gasteiger partial charge < -0.3 is 20.7 Å². The maximum atomic E-state index is 10.6. The highest BCUT2D eigenvalue weighted by Crippen LogP contribution is 2.77. The molecular weight excluding hydrogens is 474 g/mol. The molecule has 38 heavy (non-hydrogen) atoms. The molecule has 4 N–H and O–H groups in total. The number of hydrogen-bond acceptors (Lipinski definition) is 6. The zero-order valence-corrected chi connectivity index (χ0v) is 24.2. The van der Waals surface area contributed by atoms with Gasteiger partial charge in [-0.15, -0.1) is 0 Å². The first-order valence-corrected chi connectivity index (χ1v) is 15.2. The number of fused-ring (bicyclic) bond motifs is 7. The van der Waals surface area contributed by atoms with E-state index in [2.05, 4.69) is 50.8 Å². The summed E-state index contributed by atoms with van der Waals surface area (Å²) in [5.41, 5.74) is 1.75. The van der Waals surface area contributed by atoms with Crippen LogP contribution in [-0.4, -0.2) is 47.4 Å². The Bertz CT molecular complexity index is 1020. The fourth-order valence-electron chi connectivity index (χ4n) is 11.7. The number of nitrogens with one attached hydrogen (secondary N) is 1. The van der Waals surface area contributed by atoms with Crippen LogP contribution in [0.15, 0.2) is 17.3 Å². The molecule has 5 rings (SSSR count). The van der Waals surface area contributed by atoms with E-state index >= 15 is 0 Å². The average Bonchev–Trinajstić information content (AvgIpc) is 3.29. The number of rotatable bonds is 6. The number of aliphatic hydroxyl groups is 2. The molecule has 0 aromatic carbocycles. The van der Waals surface area contributed by atoms with Crippen molar-refractivity contribution in [1.29, 1.82) is 5.26 Å². The van der Waals surface area contributed by atoms with Gasteiger partial charge in [-0.05, 0) is 110 Å². The Hall–Kier alpha value is -1.42. The number of nitrogens with zero attached hydrogens (tertiary/aromatic N) is 2. The molecule has 0 saturated heterocycles. The third-order valence-corrected chi connectivity index (χ3v) is 13.9. The summed E-state index contributed by atoms with van der Waals surface area (Å²) < 4.78 is 0. The Balaban J connectivity index is 1.50. The monoisotopic (exact) mass is 525 g/mol. The van der Waals surface area contributed by atoms with Crippen LogP contribution in [0.5, 0.6) is 0 Å². The van der Waals surface area contributed by atoms with Crippen molar-refractivity contribution in [2.24, 2.45) is 61.8 Å². The Morgan fingerprint density at radius 1 is 1.00 bits per heavy atom. The fourth-order valence-corrected chi connectivity index (χ4v) is 11.7. The van der Waals surface area contributed by atoms with Gasteiger partial charge >= 0.3 is 0 Å². The van der Waals surface area contributed by atoms with Gasteiger partial charge in [0.15, 0.2) is 0 Å². The van der Waals surface area contributed by atoms with Crippen molar-refractivity contribution in [2.75, 3.05) is 26.3 Å². The minimum absolute atomic E-state index is 0.0385. The standard InChI is InChI=1S/C32H51N3O3/c1-21(18-34-16-17-36)22-8-13-32(19-33)15-14-30(4)23(27(22)32)6-7-25-28(2)11-10-26(35-38)29(3,20-37)24(28)9-12-31(25,30)5/h22-25,27,34,36-38H,1,6-18,20H2,2-5H3/b35-26+/t22-,23+,24+,25+,27+,28-,29-,30+,31+,32+/m0/s1. The Morgan fingerprint density at radius 2 is 1.76 bits per heavy atom. The second kappa shape index (κ2) is 9.60. The Kier molecular flexibility index (Phi) is 7.10. The van der Waals surface area contributed by atoms with Gasteiger partial charge in [-0.1, -0.05) is 45.0 Å². The molecule has 0 heterocycles. The normalized spacial score (nSPS) is 50.9. The molecule has 5 aliphatic carbocycles. The zero-order valence-electron chi connectivity index (χ0n) is 24.2. The molecule has 5 saturated carbocycles. The van der Waals surface area contributed by atoms with Gasteiger partial charge in [0, 0.05) is 18.5 Å².